The van der Waals surface area contributed by atoms with Crippen LogP contribution in [0.25, 0.3) is 11.5 Å². The van der Waals surface area contributed by atoms with Crippen LogP contribution < -0.4 is 10.1 Å². The molecule has 0 amide bonds. The maximum absolute atomic E-state index is 5.45. The van der Waals surface area contributed by atoms with Crippen molar-refractivity contribution in [2.45, 2.75) is 13.0 Å². The van der Waals surface area contributed by atoms with Crippen LogP contribution >= 0.6 is 0 Å². The van der Waals surface area contributed by atoms with Gasteiger partial charge in [0.25, 0.3) is 5.89 Å². The molecule has 1 aliphatic rings. The van der Waals surface area contributed by atoms with E-state index in [2.05, 4.69) is 27.4 Å². The second-order valence-corrected chi connectivity index (χ2v) is 5.34. The largest absolute Gasteiger partial charge is 0.497 e. The SMILES string of the molecule is COc1ccc(-c2nc(C3CNCCN3C)no2)c(C)c1. The highest BCUT2D eigenvalue weighted by atomic mass is 16.5. The third-order valence-electron chi connectivity index (χ3n) is 3.91. The Bertz CT molecular complexity index is 626. The first-order valence-corrected chi connectivity index (χ1v) is 7.08. The molecule has 1 fully saturated rings. The number of piperazine rings is 1. The van der Waals surface area contributed by atoms with Crippen molar-refractivity contribution in [2.24, 2.45) is 0 Å². The molecule has 1 atom stereocenters. The fourth-order valence-electron chi connectivity index (χ4n) is 2.58. The molecule has 6 heteroatoms. The molecular formula is C15H20N4O2. The van der Waals surface area contributed by atoms with Crippen LogP contribution in [0.1, 0.15) is 17.4 Å². The van der Waals surface area contributed by atoms with Gasteiger partial charge in [0.2, 0.25) is 0 Å². The number of aromatic nitrogens is 2. The van der Waals surface area contributed by atoms with E-state index in [9.17, 15) is 0 Å². The molecule has 1 saturated heterocycles. The molecule has 1 aromatic heterocycles. The first-order chi connectivity index (χ1) is 10.2. The summed E-state index contributed by atoms with van der Waals surface area (Å²) in [4.78, 5) is 6.81. The van der Waals surface area contributed by atoms with Gasteiger partial charge in [0, 0.05) is 25.2 Å². The fraction of sp³-hybridized carbons (Fsp3) is 0.467. The highest BCUT2D eigenvalue weighted by Gasteiger charge is 2.25. The van der Waals surface area contributed by atoms with Crippen molar-refractivity contribution in [3.63, 3.8) is 0 Å². The topological polar surface area (TPSA) is 63.4 Å². The van der Waals surface area contributed by atoms with Gasteiger partial charge in [0.05, 0.1) is 13.2 Å². The van der Waals surface area contributed by atoms with Crippen LogP contribution in [0.2, 0.25) is 0 Å². The minimum atomic E-state index is 0.162. The molecule has 0 aliphatic carbocycles. The molecule has 1 unspecified atom stereocenters. The molecule has 112 valence electrons. The normalized spacial score (nSPS) is 19.7. The summed E-state index contributed by atoms with van der Waals surface area (Å²) in [6, 6.07) is 5.98. The Labute approximate surface area is 124 Å². The number of methoxy groups -OCH3 is 1. The lowest BCUT2D eigenvalue weighted by molar-refractivity contribution is 0.190. The Morgan fingerprint density at radius 3 is 3.00 bits per heavy atom. The van der Waals surface area contributed by atoms with Gasteiger partial charge >= 0.3 is 0 Å². The zero-order chi connectivity index (χ0) is 14.8. The number of benzene rings is 1. The van der Waals surface area contributed by atoms with E-state index in [1.54, 1.807) is 7.11 Å². The first-order valence-electron chi connectivity index (χ1n) is 7.08. The van der Waals surface area contributed by atoms with E-state index in [-0.39, 0.29) is 6.04 Å². The predicted octanol–water partition coefficient (Wildman–Crippen LogP) is 1.63. The molecule has 3 rings (SSSR count). The number of nitrogens with one attached hydrogen (secondary N) is 1. The molecule has 1 aromatic carbocycles. The van der Waals surface area contributed by atoms with Gasteiger partial charge in [0.15, 0.2) is 5.82 Å². The minimum absolute atomic E-state index is 0.162. The first kappa shape index (κ1) is 14.0. The maximum Gasteiger partial charge on any atom is 0.258 e. The monoisotopic (exact) mass is 288 g/mol. The van der Waals surface area contributed by atoms with Crippen molar-refractivity contribution in [1.82, 2.24) is 20.4 Å². The van der Waals surface area contributed by atoms with Crippen LogP contribution in [0.15, 0.2) is 22.7 Å². The molecule has 21 heavy (non-hydrogen) atoms. The smallest absolute Gasteiger partial charge is 0.258 e. The van der Waals surface area contributed by atoms with Gasteiger partial charge in [-0.2, -0.15) is 4.98 Å². The number of hydrogen-bond donors (Lipinski definition) is 1. The molecule has 0 radical (unpaired) electrons. The highest BCUT2D eigenvalue weighted by molar-refractivity contribution is 5.59. The van der Waals surface area contributed by atoms with Crippen molar-refractivity contribution in [2.75, 3.05) is 33.8 Å². The van der Waals surface area contributed by atoms with Crippen LogP contribution in [0.5, 0.6) is 5.75 Å². The molecule has 6 nitrogen and oxygen atoms in total. The lowest BCUT2D eigenvalue weighted by Crippen LogP contribution is -2.44. The van der Waals surface area contributed by atoms with Gasteiger partial charge in [-0.15, -0.1) is 0 Å². The van der Waals surface area contributed by atoms with Gasteiger partial charge in [0.1, 0.15) is 5.75 Å². The lowest BCUT2D eigenvalue weighted by Gasteiger charge is -2.30. The number of ether oxygens (including phenoxy) is 1. The van der Waals surface area contributed by atoms with Crippen molar-refractivity contribution >= 4 is 0 Å². The summed E-state index contributed by atoms with van der Waals surface area (Å²) in [5, 5.41) is 7.51. The Morgan fingerprint density at radius 2 is 2.29 bits per heavy atom. The Morgan fingerprint density at radius 1 is 1.43 bits per heavy atom. The standard InChI is InChI=1S/C15H20N4O2/c1-10-8-11(20-3)4-5-12(10)15-17-14(18-21-15)13-9-16-6-7-19(13)2/h4-5,8,13,16H,6-7,9H2,1-3H3. The maximum atomic E-state index is 5.45. The van der Waals surface area contributed by atoms with E-state index in [0.717, 1.165) is 42.3 Å². The summed E-state index contributed by atoms with van der Waals surface area (Å²) in [6.45, 7) is 4.83. The Balaban J connectivity index is 1.87. The van der Waals surface area contributed by atoms with E-state index in [0.29, 0.717) is 5.89 Å². The van der Waals surface area contributed by atoms with Crippen molar-refractivity contribution in [3.05, 3.63) is 29.6 Å². The van der Waals surface area contributed by atoms with Crippen molar-refractivity contribution in [1.29, 1.82) is 0 Å². The molecule has 1 aliphatic heterocycles. The molecular weight excluding hydrogens is 268 g/mol. The quantitative estimate of drug-likeness (QED) is 0.926. The van der Waals surface area contributed by atoms with Crippen LogP contribution in [0.3, 0.4) is 0 Å². The molecule has 1 N–H and O–H groups in total. The number of aryl methyl sites for hydroxylation is 1. The van der Waals surface area contributed by atoms with Crippen LogP contribution in [-0.4, -0.2) is 48.8 Å². The Kier molecular flexibility index (Phi) is 3.90. The number of likely N-dealkylation sites (N-methyl/N-ethyl adjacent to an activating group) is 1. The summed E-state index contributed by atoms with van der Waals surface area (Å²) >= 11 is 0. The zero-order valence-electron chi connectivity index (χ0n) is 12.6. The Hall–Kier alpha value is -1.92. The fourth-order valence-corrected chi connectivity index (χ4v) is 2.58. The van der Waals surface area contributed by atoms with Gasteiger partial charge in [-0.1, -0.05) is 5.16 Å². The van der Waals surface area contributed by atoms with Crippen LogP contribution in [0.4, 0.5) is 0 Å². The summed E-state index contributed by atoms with van der Waals surface area (Å²) < 4.78 is 10.7. The average molecular weight is 288 g/mol. The predicted molar refractivity (Wildman–Crippen MR) is 79.3 cm³/mol. The summed E-state index contributed by atoms with van der Waals surface area (Å²) in [5.74, 6) is 2.12. The van der Waals surface area contributed by atoms with Gasteiger partial charge in [-0.25, -0.2) is 0 Å². The molecule has 2 heterocycles. The molecule has 2 aromatic rings. The van der Waals surface area contributed by atoms with E-state index in [1.165, 1.54) is 0 Å². The van der Waals surface area contributed by atoms with Crippen molar-refractivity contribution in [3.8, 4) is 17.2 Å². The lowest BCUT2D eigenvalue weighted by atomic mass is 10.1. The van der Waals surface area contributed by atoms with E-state index in [4.69, 9.17) is 9.26 Å². The van der Waals surface area contributed by atoms with E-state index < -0.39 is 0 Å². The van der Waals surface area contributed by atoms with Crippen LogP contribution in [-0.2, 0) is 0 Å². The second kappa shape index (κ2) is 5.83. The summed E-state index contributed by atoms with van der Waals surface area (Å²) in [5.41, 5.74) is 2.00. The summed E-state index contributed by atoms with van der Waals surface area (Å²) in [7, 11) is 3.74. The highest BCUT2D eigenvalue weighted by Crippen LogP contribution is 2.27. The van der Waals surface area contributed by atoms with Gasteiger partial charge < -0.3 is 14.6 Å². The van der Waals surface area contributed by atoms with Crippen molar-refractivity contribution < 1.29 is 9.26 Å². The number of rotatable bonds is 3. The molecule has 0 bridgehead atoms. The van der Waals surface area contributed by atoms with E-state index >= 15 is 0 Å². The molecule has 0 spiro atoms. The number of nitrogens with zero attached hydrogens (tertiary/aromatic N) is 3. The summed E-state index contributed by atoms with van der Waals surface area (Å²) in [6.07, 6.45) is 0. The van der Waals surface area contributed by atoms with Gasteiger partial charge in [-0.3, -0.25) is 4.90 Å². The molecule has 0 saturated carbocycles. The second-order valence-electron chi connectivity index (χ2n) is 5.34. The average Bonchev–Trinajstić information content (AvgIpc) is 2.97. The third-order valence-corrected chi connectivity index (χ3v) is 3.91. The number of hydrogen-bond acceptors (Lipinski definition) is 6. The van der Waals surface area contributed by atoms with Crippen LogP contribution in [0, 0.1) is 6.92 Å². The zero-order valence-corrected chi connectivity index (χ0v) is 12.6. The minimum Gasteiger partial charge on any atom is -0.497 e. The van der Waals surface area contributed by atoms with E-state index in [1.807, 2.05) is 25.1 Å². The van der Waals surface area contributed by atoms with Gasteiger partial charge in [-0.05, 0) is 37.7 Å². The third kappa shape index (κ3) is 2.77.